The molecule has 0 aliphatic heterocycles. The summed E-state index contributed by atoms with van der Waals surface area (Å²) in [4.78, 5) is 20.6. The Morgan fingerprint density at radius 3 is 2.56 bits per heavy atom. The van der Waals surface area contributed by atoms with E-state index in [4.69, 9.17) is 4.98 Å². The number of carbonyl (C=O) groups excluding carboxylic acids is 1. The van der Waals surface area contributed by atoms with E-state index in [9.17, 15) is 13.2 Å². The van der Waals surface area contributed by atoms with Crippen molar-refractivity contribution in [2.75, 3.05) is 11.6 Å². The number of rotatable bonds is 7. The van der Waals surface area contributed by atoms with Gasteiger partial charge in [0.2, 0.25) is 0 Å². The van der Waals surface area contributed by atoms with Gasteiger partial charge < -0.3 is 10.1 Å². The highest BCUT2D eigenvalue weighted by molar-refractivity contribution is 7.90. The van der Waals surface area contributed by atoms with Gasteiger partial charge in [0.05, 0.1) is 16.7 Å². The van der Waals surface area contributed by atoms with Crippen LogP contribution >= 0.6 is 0 Å². The Morgan fingerprint density at radius 2 is 1.86 bits per heavy atom. The summed E-state index contributed by atoms with van der Waals surface area (Å²) in [6, 6.07) is 14.5. The molecular weight excluding hydrogens is 480 g/mol. The third-order valence-corrected chi connectivity index (χ3v) is 6.51. The van der Waals surface area contributed by atoms with Crippen LogP contribution in [0.3, 0.4) is 0 Å². The van der Waals surface area contributed by atoms with Crippen LogP contribution in [-0.2, 0) is 21.1 Å². The zero-order chi connectivity index (χ0) is 25.4. The van der Waals surface area contributed by atoms with E-state index in [2.05, 4.69) is 25.6 Å². The number of nitrogens with zero attached hydrogens (tertiary/aromatic N) is 7. The van der Waals surface area contributed by atoms with Crippen LogP contribution in [0, 0.1) is 13.8 Å². The zero-order valence-corrected chi connectivity index (χ0v) is 20.6. The average Bonchev–Trinajstić information content (AvgIpc) is 3.44. The fourth-order valence-corrected chi connectivity index (χ4v) is 4.38. The summed E-state index contributed by atoms with van der Waals surface area (Å²) in [6.07, 6.45) is 3.64. The monoisotopic (exact) mass is 502 g/mol. The maximum atomic E-state index is 12.0. The second kappa shape index (κ2) is 8.96. The molecule has 0 bridgehead atoms. The van der Waals surface area contributed by atoms with E-state index >= 15 is 0 Å². The second-order valence-corrected chi connectivity index (χ2v) is 10.3. The number of hydrogen-bond donors (Lipinski definition) is 1. The Balaban J connectivity index is 1.55. The minimum absolute atomic E-state index is 0.0596. The van der Waals surface area contributed by atoms with Crippen molar-refractivity contribution in [1.82, 2.24) is 34.5 Å². The van der Waals surface area contributed by atoms with Gasteiger partial charge in [0, 0.05) is 29.6 Å². The Morgan fingerprint density at radius 1 is 1.03 bits per heavy atom. The number of nitrogens with one attached hydrogen (secondary N) is 1. The first-order valence-electron chi connectivity index (χ1n) is 11.0. The number of hydrogen-bond acceptors (Lipinski definition) is 9. The summed E-state index contributed by atoms with van der Waals surface area (Å²) < 4.78 is 27.3. The molecule has 0 spiro atoms. The summed E-state index contributed by atoms with van der Waals surface area (Å²) in [5.41, 5.74) is 4.38. The summed E-state index contributed by atoms with van der Waals surface area (Å²) in [5, 5.41) is 15.6. The highest BCUT2D eigenvalue weighted by Crippen LogP contribution is 2.25. The maximum Gasteiger partial charge on any atom is 0.194 e. The summed E-state index contributed by atoms with van der Waals surface area (Å²) in [7, 11) is -3.51. The van der Waals surface area contributed by atoms with Gasteiger partial charge in [-0.05, 0) is 56.3 Å². The molecule has 4 heterocycles. The maximum absolute atomic E-state index is 12.0. The van der Waals surface area contributed by atoms with E-state index in [1.165, 1.54) is 10.7 Å². The lowest BCUT2D eigenvalue weighted by molar-refractivity contribution is -0.107. The summed E-state index contributed by atoms with van der Waals surface area (Å²) in [6.45, 7) is 3.61. The van der Waals surface area contributed by atoms with Crippen LogP contribution in [0.2, 0.25) is 0 Å². The van der Waals surface area contributed by atoms with Gasteiger partial charge in [-0.2, -0.15) is 10.2 Å². The van der Waals surface area contributed by atoms with Gasteiger partial charge in [-0.1, -0.05) is 6.07 Å². The molecule has 0 saturated heterocycles. The molecule has 0 atom stereocenters. The minimum atomic E-state index is -3.51. The first-order chi connectivity index (χ1) is 17.2. The molecule has 0 amide bonds. The van der Waals surface area contributed by atoms with Gasteiger partial charge in [-0.15, -0.1) is 5.10 Å². The van der Waals surface area contributed by atoms with Crippen LogP contribution in [-0.4, -0.2) is 55.5 Å². The lowest BCUT2D eigenvalue weighted by Crippen LogP contribution is -2.10. The van der Waals surface area contributed by atoms with Gasteiger partial charge in [-0.3, -0.25) is 4.57 Å². The molecule has 0 aliphatic carbocycles. The molecule has 1 aromatic carbocycles. The zero-order valence-electron chi connectivity index (χ0n) is 19.7. The van der Waals surface area contributed by atoms with Crippen molar-refractivity contribution in [3.63, 3.8) is 0 Å². The van der Waals surface area contributed by atoms with Crippen LogP contribution in [0.25, 0.3) is 22.7 Å². The number of benzene rings is 1. The lowest BCUT2D eigenvalue weighted by Gasteiger charge is -2.12. The SMILES string of the molecule is Cc1ccc(Nc2ccc3c(c2)ncn3-c2ccc(CC=O)c(-n3nc(S(C)(=O)=O)cc3C)n2)nn1. The first-order valence-corrected chi connectivity index (χ1v) is 12.9. The molecule has 0 aliphatic rings. The third-order valence-electron chi connectivity index (χ3n) is 5.55. The molecule has 0 unspecified atom stereocenters. The van der Waals surface area contributed by atoms with Crippen molar-refractivity contribution in [3.05, 3.63) is 71.8 Å². The molecule has 1 N–H and O–H groups in total. The predicted octanol–water partition coefficient (Wildman–Crippen LogP) is 2.90. The van der Waals surface area contributed by atoms with Gasteiger partial charge in [-0.25, -0.2) is 23.1 Å². The number of aryl methyl sites for hydroxylation is 2. The number of aldehydes is 1. The van der Waals surface area contributed by atoms with Crippen LogP contribution in [0.15, 0.2) is 59.9 Å². The molecule has 5 aromatic rings. The van der Waals surface area contributed by atoms with E-state index in [0.29, 0.717) is 28.7 Å². The van der Waals surface area contributed by atoms with E-state index < -0.39 is 9.84 Å². The second-order valence-electron chi connectivity index (χ2n) is 8.33. The number of pyridine rings is 1. The van der Waals surface area contributed by atoms with Crippen LogP contribution in [0.4, 0.5) is 11.5 Å². The van der Waals surface area contributed by atoms with Crippen LogP contribution in [0.5, 0.6) is 0 Å². The van der Waals surface area contributed by atoms with Gasteiger partial charge in [0.25, 0.3) is 0 Å². The van der Waals surface area contributed by atoms with Crippen molar-refractivity contribution < 1.29 is 13.2 Å². The summed E-state index contributed by atoms with van der Waals surface area (Å²) >= 11 is 0. The number of carbonyl (C=O) groups is 1. The minimum Gasteiger partial charge on any atom is -0.339 e. The fourth-order valence-electron chi connectivity index (χ4n) is 3.76. The van der Waals surface area contributed by atoms with Gasteiger partial charge in [0.1, 0.15) is 18.4 Å². The number of aromatic nitrogens is 7. The normalized spacial score (nSPS) is 11.6. The molecule has 0 radical (unpaired) electrons. The van der Waals surface area contributed by atoms with Crippen molar-refractivity contribution in [2.45, 2.75) is 25.3 Å². The molecule has 182 valence electrons. The van der Waals surface area contributed by atoms with Crippen LogP contribution < -0.4 is 5.32 Å². The van der Waals surface area contributed by atoms with E-state index in [1.54, 1.807) is 25.4 Å². The van der Waals surface area contributed by atoms with E-state index in [1.807, 2.05) is 41.8 Å². The molecule has 0 fully saturated rings. The Hall–Kier alpha value is -4.45. The van der Waals surface area contributed by atoms with Gasteiger partial charge in [0.15, 0.2) is 26.5 Å². The molecule has 0 saturated carbocycles. The highest BCUT2D eigenvalue weighted by atomic mass is 32.2. The largest absolute Gasteiger partial charge is 0.339 e. The van der Waals surface area contributed by atoms with E-state index in [0.717, 1.165) is 35.0 Å². The van der Waals surface area contributed by atoms with Crippen LogP contribution in [0.1, 0.15) is 17.0 Å². The smallest absolute Gasteiger partial charge is 0.194 e. The summed E-state index contributed by atoms with van der Waals surface area (Å²) in [5.74, 6) is 1.55. The van der Waals surface area contributed by atoms with Crippen molar-refractivity contribution in [3.8, 4) is 11.6 Å². The molecule has 36 heavy (non-hydrogen) atoms. The molecule has 4 aromatic heterocycles. The standard InChI is InChI=1S/C24H22N8O3S/c1-15-4-8-21(29-28-15)26-18-6-7-20-19(13-18)25-14-31(20)22-9-5-17(10-11-33)24(27-22)32-16(2)12-23(30-32)36(3,34)35/h4-9,11-14H,10H2,1-3H3,(H,26,29). The number of sulfone groups is 1. The van der Waals surface area contributed by atoms with Crippen molar-refractivity contribution in [1.29, 1.82) is 0 Å². The number of fused-ring (bicyclic) bond motifs is 1. The van der Waals surface area contributed by atoms with Gasteiger partial charge >= 0.3 is 0 Å². The first kappa shape index (κ1) is 23.3. The quantitative estimate of drug-likeness (QED) is 0.333. The molecule has 12 heteroatoms. The Bertz CT molecular complexity index is 1710. The predicted molar refractivity (Wildman–Crippen MR) is 134 cm³/mol. The van der Waals surface area contributed by atoms with E-state index in [-0.39, 0.29) is 11.4 Å². The number of anilines is 2. The molecular formula is C24H22N8O3S. The molecule has 11 nitrogen and oxygen atoms in total. The number of imidazole rings is 1. The topological polar surface area (TPSA) is 138 Å². The van der Waals surface area contributed by atoms with Crippen molar-refractivity contribution in [2.24, 2.45) is 0 Å². The molecule has 5 rings (SSSR count). The average molecular weight is 503 g/mol. The third kappa shape index (κ3) is 4.45. The Labute approximate surface area is 206 Å². The highest BCUT2D eigenvalue weighted by Gasteiger charge is 2.18. The Kier molecular flexibility index (Phi) is 5.80. The fraction of sp³-hybridized carbons (Fsp3) is 0.167. The van der Waals surface area contributed by atoms with Crippen molar-refractivity contribution >= 4 is 38.7 Å². The lowest BCUT2D eigenvalue weighted by atomic mass is 10.2.